The molecule has 2 aliphatic carbocycles. The number of hydrogen-bond acceptors (Lipinski definition) is 5. The molecular weight excluding hydrogens is 286 g/mol. The molecule has 2 atom stereocenters. The van der Waals surface area contributed by atoms with Crippen molar-refractivity contribution in [2.24, 2.45) is 11.3 Å². The molecule has 0 aliphatic heterocycles. The van der Waals surface area contributed by atoms with Gasteiger partial charge in [-0.25, -0.2) is 9.78 Å². The molecule has 108 valence electrons. The molecule has 2 aromatic heterocycles. The van der Waals surface area contributed by atoms with Crippen LogP contribution in [0.25, 0.3) is 5.65 Å². The van der Waals surface area contributed by atoms with E-state index in [9.17, 15) is 4.79 Å². The van der Waals surface area contributed by atoms with E-state index >= 15 is 0 Å². The molecule has 0 spiro atoms. The van der Waals surface area contributed by atoms with Crippen LogP contribution >= 0.6 is 11.8 Å². The summed E-state index contributed by atoms with van der Waals surface area (Å²) >= 11 is 1.57. The average molecular weight is 301 g/mol. The van der Waals surface area contributed by atoms with Crippen LogP contribution in [0.3, 0.4) is 0 Å². The Labute approximate surface area is 125 Å². The van der Waals surface area contributed by atoms with E-state index < -0.39 is 0 Å². The highest BCUT2D eigenvalue weighted by atomic mass is 32.2. The number of fused-ring (bicyclic) bond motifs is 2. The van der Waals surface area contributed by atoms with Gasteiger partial charge in [0.05, 0.1) is 6.20 Å². The molecular formula is C14H15N5OS. The van der Waals surface area contributed by atoms with E-state index in [0.717, 1.165) is 16.2 Å². The Morgan fingerprint density at radius 3 is 3.24 bits per heavy atom. The first-order chi connectivity index (χ1) is 10.2. The average Bonchev–Trinajstić information content (AvgIpc) is 2.85. The number of nitrogens with zero attached hydrogens (tertiary/aromatic N) is 4. The van der Waals surface area contributed by atoms with Gasteiger partial charge in [0, 0.05) is 5.75 Å². The molecule has 0 radical (unpaired) electrons. The zero-order valence-electron chi connectivity index (χ0n) is 11.5. The molecule has 0 bridgehead atoms. The van der Waals surface area contributed by atoms with Crippen LogP contribution in [0, 0.1) is 22.7 Å². The highest BCUT2D eigenvalue weighted by Crippen LogP contribution is 2.65. The Hall–Kier alpha value is -1.81. The van der Waals surface area contributed by atoms with Gasteiger partial charge in [-0.3, -0.25) is 4.98 Å². The van der Waals surface area contributed by atoms with Crippen molar-refractivity contribution in [3.63, 3.8) is 0 Å². The lowest BCUT2D eigenvalue weighted by molar-refractivity contribution is 0.474. The maximum Gasteiger partial charge on any atom is 0.350 e. The van der Waals surface area contributed by atoms with E-state index in [1.54, 1.807) is 11.8 Å². The molecule has 6 nitrogen and oxygen atoms in total. The van der Waals surface area contributed by atoms with Gasteiger partial charge < -0.3 is 0 Å². The summed E-state index contributed by atoms with van der Waals surface area (Å²) in [7, 11) is 0. The van der Waals surface area contributed by atoms with Crippen LogP contribution in [0.1, 0.15) is 37.7 Å². The van der Waals surface area contributed by atoms with Gasteiger partial charge in [0.1, 0.15) is 11.6 Å². The maximum atomic E-state index is 11.9. The Bertz CT molecular complexity index is 804. The Balaban J connectivity index is 1.51. The molecule has 2 aromatic rings. The lowest BCUT2D eigenvalue weighted by atomic mass is 10.0. The van der Waals surface area contributed by atoms with Gasteiger partial charge in [-0.1, -0.05) is 18.2 Å². The molecule has 7 heteroatoms. The summed E-state index contributed by atoms with van der Waals surface area (Å²) in [4.78, 5) is 19.0. The van der Waals surface area contributed by atoms with Gasteiger partial charge in [0.15, 0.2) is 10.8 Å². The standard InChI is InChI=1S/C14H15N5OS/c15-7-9-8-16-19-11(9)17-12(18-13(19)20)21-5-4-14-3-1-2-10(14)6-14/h8,10H,1-6H2,(H,17,18,20)/t10-,14-/m1/s1. The third-order valence-corrected chi connectivity index (χ3v) is 5.78. The molecule has 1 N–H and O–H groups in total. The van der Waals surface area contributed by atoms with Crippen molar-refractivity contribution >= 4 is 17.4 Å². The number of rotatable bonds is 4. The predicted molar refractivity (Wildman–Crippen MR) is 78.1 cm³/mol. The lowest BCUT2D eigenvalue weighted by Crippen LogP contribution is -2.19. The van der Waals surface area contributed by atoms with E-state index in [-0.39, 0.29) is 5.69 Å². The van der Waals surface area contributed by atoms with Crippen LogP contribution in [0.15, 0.2) is 16.1 Å². The number of hydrogen-bond donors (Lipinski definition) is 1. The van der Waals surface area contributed by atoms with Crippen LogP contribution in [0.4, 0.5) is 0 Å². The van der Waals surface area contributed by atoms with Crippen LogP contribution in [-0.4, -0.2) is 25.3 Å². The zero-order chi connectivity index (χ0) is 14.4. The topological polar surface area (TPSA) is 86.8 Å². The highest BCUT2D eigenvalue weighted by Gasteiger charge is 2.55. The van der Waals surface area contributed by atoms with Gasteiger partial charge in [0.2, 0.25) is 0 Å². The third-order valence-electron chi connectivity index (χ3n) is 4.90. The molecule has 0 unspecified atom stereocenters. The third kappa shape index (κ3) is 2.05. The first kappa shape index (κ1) is 12.9. The summed E-state index contributed by atoms with van der Waals surface area (Å²) < 4.78 is 1.13. The molecule has 0 saturated heterocycles. The van der Waals surface area contributed by atoms with E-state index in [1.807, 2.05) is 6.07 Å². The van der Waals surface area contributed by atoms with Crippen LogP contribution in [-0.2, 0) is 0 Å². The summed E-state index contributed by atoms with van der Waals surface area (Å²) in [5.74, 6) is 1.92. The summed E-state index contributed by atoms with van der Waals surface area (Å²) in [5.41, 5.74) is 0.935. The summed E-state index contributed by atoms with van der Waals surface area (Å²) in [5, 5.41) is 13.5. The number of nitrogens with one attached hydrogen (secondary N) is 1. The fourth-order valence-corrected chi connectivity index (χ4v) is 4.66. The number of aromatic amines is 1. The first-order valence-corrected chi connectivity index (χ1v) is 8.21. The fraction of sp³-hybridized carbons (Fsp3) is 0.571. The van der Waals surface area contributed by atoms with Gasteiger partial charge >= 0.3 is 5.69 Å². The molecule has 2 fully saturated rings. The normalized spacial score (nSPS) is 26.7. The quantitative estimate of drug-likeness (QED) is 0.872. The molecule has 0 aromatic carbocycles. The van der Waals surface area contributed by atoms with E-state index in [4.69, 9.17) is 5.26 Å². The minimum Gasteiger partial charge on any atom is -0.285 e. The van der Waals surface area contributed by atoms with Crippen LogP contribution < -0.4 is 5.69 Å². The van der Waals surface area contributed by atoms with Crippen molar-refractivity contribution in [1.82, 2.24) is 19.6 Å². The number of aromatic nitrogens is 4. The number of nitriles is 1. The fourth-order valence-electron chi connectivity index (χ4n) is 3.64. The largest absolute Gasteiger partial charge is 0.350 e. The smallest absolute Gasteiger partial charge is 0.285 e. The minimum atomic E-state index is -0.340. The van der Waals surface area contributed by atoms with E-state index in [2.05, 4.69) is 15.1 Å². The summed E-state index contributed by atoms with van der Waals surface area (Å²) in [6, 6.07) is 2.01. The van der Waals surface area contributed by atoms with Crippen molar-refractivity contribution < 1.29 is 0 Å². The number of thioether (sulfide) groups is 1. The molecule has 4 rings (SSSR count). The van der Waals surface area contributed by atoms with Crippen LogP contribution in [0.2, 0.25) is 0 Å². The van der Waals surface area contributed by atoms with Crippen molar-refractivity contribution in [3.05, 3.63) is 22.2 Å². The minimum absolute atomic E-state index is 0.333. The van der Waals surface area contributed by atoms with Crippen LogP contribution in [0.5, 0.6) is 0 Å². The van der Waals surface area contributed by atoms with Gasteiger partial charge in [-0.05, 0) is 37.0 Å². The second kappa shape index (κ2) is 4.60. The monoisotopic (exact) mass is 301 g/mol. The Morgan fingerprint density at radius 2 is 2.52 bits per heavy atom. The van der Waals surface area contributed by atoms with Gasteiger partial charge in [-0.15, -0.1) is 0 Å². The van der Waals surface area contributed by atoms with Crippen molar-refractivity contribution in [2.45, 2.75) is 37.3 Å². The maximum absolute atomic E-state index is 11.9. The second-order valence-corrected chi connectivity index (χ2v) is 7.09. The molecule has 2 heterocycles. The second-order valence-electron chi connectivity index (χ2n) is 6.01. The Morgan fingerprint density at radius 1 is 1.62 bits per heavy atom. The zero-order valence-corrected chi connectivity index (χ0v) is 12.3. The van der Waals surface area contributed by atoms with Crippen molar-refractivity contribution in [3.8, 4) is 6.07 Å². The summed E-state index contributed by atoms with van der Waals surface area (Å²) in [6.45, 7) is 0. The molecule has 2 saturated carbocycles. The van der Waals surface area contributed by atoms with E-state index in [1.165, 1.54) is 38.3 Å². The summed E-state index contributed by atoms with van der Waals surface area (Å²) in [6.07, 6.45) is 8.09. The van der Waals surface area contributed by atoms with E-state index in [0.29, 0.717) is 21.8 Å². The molecule has 2 aliphatic rings. The Kier molecular flexibility index (Phi) is 2.82. The molecule has 21 heavy (non-hydrogen) atoms. The van der Waals surface area contributed by atoms with Crippen molar-refractivity contribution in [2.75, 3.05) is 5.75 Å². The SMILES string of the molecule is N#Cc1cnn2c(=O)[nH]c(SCC[C@@]34CCC[C@@H]3C4)nc12. The lowest BCUT2D eigenvalue weighted by Gasteiger charge is -2.10. The highest BCUT2D eigenvalue weighted by molar-refractivity contribution is 7.99. The first-order valence-electron chi connectivity index (χ1n) is 7.23. The number of H-pyrrole nitrogens is 1. The van der Waals surface area contributed by atoms with Crippen molar-refractivity contribution in [1.29, 1.82) is 5.26 Å². The van der Waals surface area contributed by atoms with Gasteiger partial charge in [-0.2, -0.15) is 14.9 Å². The predicted octanol–water partition coefficient (Wildman–Crippen LogP) is 1.96. The van der Waals surface area contributed by atoms with Gasteiger partial charge in [0.25, 0.3) is 0 Å². The molecule has 0 amide bonds.